The maximum Gasteiger partial charge on any atom is 0.422 e. The maximum absolute atomic E-state index is 12.2. The Morgan fingerprint density at radius 3 is 2.60 bits per heavy atom. The number of carbonyl (C=O) groups is 1. The summed E-state index contributed by atoms with van der Waals surface area (Å²) in [6.07, 6.45) is -0.172. The van der Waals surface area contributed by atoms with Crippen LogP contribution in [0.3, 0.4) is 0 Å². The van der Waals surface area contributed by atoms with Gasteiger partial charge in [0.2, 0.25) is 5.88 Å². The van der Waals surface area contributed by atoms with Crippen LogP contribution < -0.4 is 10.1 Å². The summed E-state index contributed by atoms with van der Waals surface area (Å²) < 4.78 is 41.3. The number of amides is 1. The van der Waals surface area contributed by atoms with Crippen molar-refractivity contribution >= 4 is 5.91 Å². The van der Waals surface area contributed by atoms with Crippen molar-refractivity contribution in [3.05, 3.63) is 47.2 Å². The lowest BCUT2D eigenvalue weighted by atomic mass is 10.1. The fraction of sp³-hybridized carbons (Fsp3) is 0.375. The second-order valence-electron chi connectivity index (χ2n) is 5.54. The topological polar surface area (TPSA) is 77.0 Å². The molecule has 0 aliphatic heterocycles. The Labute approximate surface area is 142 Å². The molecule has 0 saturated heterocycles. The Morgan fingerprint density at radius 2 is 2.00 bits per heavy atom. The number of nitrogens with one attached hydrogen (secondary N) is 1. The van der Waals surface area contributed by atoms with Crippen LogP contribution >= 0.6 is 0 Å². The molecule has 0 aliphatic carbocycles. The van der Waals surface area contributed by atoms with Gasteiger partial charge in [-0.05, 0) is 32.4 Å². The Morgan fingerprint density at radius 1 is 1.28 bits per heavy atom. The zero-order chi connectivity index (χ0) is 18.6. The van der Waals surface area contributed by atoms with Crippen molar-refractivity contribution in [2.24, 2.45) is 0 Å². The van der Waals surface area contributed by atoms with Crippen LogP contribution in [-0.4, -0.2) is 33.6 Å². The van der Waals surface area contributed by atoms with Gasteiger partial charge in [-0.3, -0.25) is 9.78 Å². The molecule has 0 fully saturated rings. The third-order valence-corrected chi connectivity index (χ3v) is 3.26. The van der Waals surface area contributed by atoms with Gasteiger partial charge in [0.25, 0.3) is 5.91 Å². The average Bonchev–Trinajstić information content (AvgIpc) is 2.52. The first-order valence-corrected chi connectivity index (χ1v) is 7.41. The molecule has 2 aromatic heterocycles. The van der Waals surface area contributed by atoms with Gasteiger partial charge in [0.05, 0.1) is 17.9 Å². The van der Waals surface area contributed by atoms with Gasteiger partial charge in [-0.1, -0.05) is 0 Å². The van der Waals surface area contributed by atoms with Crippen LogP contribution in [0.1, 0.15) is 40.3 Å². The summed E-state index contributed by atoms with van der Waals surface area (Å²) in [4.78, 5) is 24.0. The summed E-state index contributed by atoms with van der Waals surface area (Å²) in [5.74, 6) is -0.497. The highest BCUT2D eigenvalue weighted by Crippen LogP contribution is 2.22. The van der Waals surface area contributed by atoms with Crippen molar-refractivity contribution in [3.63, 3.8) is 0 Å². The second kappa shape index (κ2) is 7.45. The number of hydrogen-bond donors (Lipinski definition) is 1. The molecule has 1 amide bonds. The summed E-state index contributed by atoms with van der Waals surface area (Å²) in [5, 5.41) is 2.74. The molecule has 0 aromatic carbocycles. The van der Waals surface area contributed by atoms with Crippen LogP contribution in [0.5, 0.6) is 5.88 Å². The molecule has 25 heavy (non-hydrogen) atoms. The van der Waals surface area contributed by atoms with Gasteiger partial charge in [-0.15, -0.1) is 0 Å². The minimum Gasteiger partial charge on any atom is -0.468 e. The number of rotatable bonds is 5. The van der Waals surface area contributed by atoms with E-state index in [2.05, 4.69) is 25.0 Å². The highest BCUT2D eigenvalue weighted by Gasteiger charge is 2.29. The number of alkyl halides is 3. The average molecular weight is 354 g/mol. The standard InChI is InChI=1S/C16H17F3N4O2/c1-9-4-12(6-21-15(9)25-8-16(17,18)19)11(3)23-14(24)13-7-20-5-10(2)22-13/h4-7,11H,8H2,1-3H3,(H,23,24). The smallest absolute Gasteiger partial charge is 0.422 e. The van der Waals surface area contributed by atoms with E-state index in [1.165, 1.54) is 18.6 Å². The monoisotopic (exact) mass is 354 g/mol. The quantitative estimate of drug-likeness (QED) is 0.893. The largest absolute Gasteiger partial charge is 0.468 e. The second-order valence-corrected chi connectivity index (χ2v) is 5.54. The van der Waals surface area contributed by atoms with E-state index in [0.717, 1.165) is 0 Å². The zero-order valence-electron chi connectivity index (χ0n) is 13.9. The van der Waals surface area contributed by atoms with E-state index in [1.807, 2.05) is 0 Å². The van der Waals surface area contributed by atoms with E-state index < -0.39 is 24.7 Å². The first-order valence-electron chi connectivity index (χ1n) is 7.41. The molecule has 9 heteroatoms. The molecule has 0 bridgehead atoms. The van der Waals surface area contributed by atoms with Crippen molar-refractivity contribution < 1.29 is 22.7 Å². The summed E-state index contributed by atoms with van der Waals surface area (Å²) >= 11 is 0. The van der Waals surface area contributed by atoms with Gasteiger partial charge >= 0.3 is 6.18 Å². The number of nitrogens with zero attached hydrogens (tertiary/aromatic N) is 3. The Kier molecular flexibility index (Phi) is 5.55. The van der Waals surface area contributed by atoms with Crippen molar-refractivity contribution in [1.82, 2.24) is 20.3 Å². The highest BCUT2D eigenvalue weighted by molar-refractivity contribution is 5.92. The Bertz CT molecular complexity index is 765. The Balaban J connectivity index is 2.05. The molecular weight excluding hydrogens is 337 g/mol. The molecule has 0 aliphatic rings. The number of hydrogen-bond acceptors (Lipinski definition) is 5. The minimum absolute atomic E-state index is 0.0934. The van der Waals surface area contributed by atoms with Gasteiger partial charge in [0.15, 0.2) is 6.61 Å². The molecule has 134 valence electrons. The third kappa shape index (κ3) is 5.40. The first-order chi connectivity index (χ1) is 11.7. The van der Waals surface area contributed by atoms with E-state index in [-0.39, 0.29) is 11.6 Å². The number of ether oxygens (including phenoxy) is 1. The molecule has 0 spiro atoms. The fourth-order valence-electron chi connectivity index (χ4n) is 2.05. The van der Waals surface area contributed by atoms with Crippen LogP contribution in [0.15, 0.2) is 24.7 Å². The number of carbonyl (C=O) groups excluding carboxylic acids is 1. The van der Waals surface area contributed by atoms with Gasteiger partial charge in [0, 0.05) is 18.0 Å². The molecule has 2 heterocycles. The van der Waals surface area contributed by atoms with Crippen LogP contribution in [0.2, 0.25) is 0 Å². The lowest BCUT2D eigenvalue weighted by Gasteiger charge is -2.16. The van der Waals surface area contributed by atoms with E-state index >= 15 is 0 Å². The van der Waals surface area contributed by atoms with E-state index in [1.54, 1.807) is 26.8 Å². The van der Waals surface area contributed by atoms with Gasteiger partial charge in [-0.2, -0.15) is 13.2 Å². The molecular formula is C16H17F3N4O2. The molecule has 1 atom stereocenters. The molecule has 1 N–H and O–H groups in total. The Hall–Kier alpha value is -2.71. The van der Waals surface area contributed by atoms with Gasteiger partial charge in [0.1, 0.15) is 5.69 Å². The number of aromatic nitrogens is 3. The predicted molar refractivity (Wildman–Crippen MR) is 83.2 cm³/mol. The minimum atomic E-state index is -4.43. The van der Waals surface area contributed by atoms with Crippen LogP contribution in [-0.2, 0) is 0 Å². The zero-order valence-corrected chi connectivity index (χ0v) is 13.9. The van der Waals surface area contributed by atoms with Crippen molar-refractivity contribution in [2.75, 3.05) is 6.61 Å². The summed E-state index contributed by atoms with van der Waals surface area (Å²) in [6.45, 7) is 3.63. The number of halogens is 3. The van der Waals surface area contributed by atoms with E-state index in [0.29, 0.717) is 16.8 Å². The lowest BCUT2D eigenvalue weighted by molar-refractivity contribution is -0.154. The normalized spacial score (nSPS) is 12.6. The summed E-state index contributed by atoms with van der Waals surface area (Å²) in [7, 11) is 0. The molecule has 2 aromatic rings. The molecule has 6 nitrogen and oxygen atoms in total. The fourth-order valence-corrected chi connectivity index (χ4v) is 2.05. The molecule has 0 radical (unpaired) electrons. The van der Waals surface area contributed by atoms with Crippen LogP contribution in [0.25, 0.3) is 0 Å². The van der Waals surface area contributed by atoms with Gasteiger partial charge in [-0.25, -0.2) is 9.97 Å². The third-order valence-electron chi connectivity index (χ3n) is 3.26. The summed E-state index contributed by atoms with van der Waals surface area (Å²) in [5.41, 5.74) is 1.87. The van der Waals surface area contributed by atoms with Crippen molar-refractivity contribution in [1.29, 1.82) is 0 Å². The summed E-state index contributed by atoms with van der Waals surface area (Å²) in [6, 6.07) is 1.20. The lowest BCUT2D eigenvalue weighted by Crippen LogP contribution is -2.28. The molecule has 0 saturated carbocycles. The van der Waals surface area contributed by atoms with Crippen LogP contribution in [0.4, 0.5) is 13.2 Å². The van der Waals surface area contributed by atoms with Crippen molar-refractivity contribution in [3.8, 4) is 5.88 Å². The van der Waals surface area contributed by atoms with Gasteiger partial charge < -0.3 is 10.1 Å². The molecule has 2 rings (SSSR count). The van der Waals surface area contributed by atoms with E-state index in [4.69, 9.17) is 0 Å². The number of aryl methyl sites for hydroxylation is 2. The van der Waals surface area contributed by atoms with Crippen molar-refractivity contribution in [2.45, 2.75) is 33.0 Å². The SMILES string of the molecule is Cc1cncc(C(=O)NC(C)c2cnc(OCC(F)(F)F)c(C)c2)n1. The first kappa shape index (κ1) is 18.6. The molecule has 1 unspecified atom stereocenters. The number of pyridine rings is 1. The highest BCUT2D eigenvalue weighted by atomic mass is 19.4. The van der Waals surface area contributed by atoms with Crippen LogP contribution in [0, 0.1) is 13.8 Å². The maximum atomic E-state index is 12.2. The van der Waals surface area contributed by atoms with E-state index in [9.17, 15) is 18.0 Å². The predicted octanol–water partition coefficient (Wildman–Crippen LogP) is 2.92.